The summed E-state index contributed by atoms with van der Waals surface area (Å²) in [4.78, 5) is 49.4. The second kappa shape index (κ2) is 12.5. The van der Waals surface area contributed by atoms with Gasteiger partial charge in [-0.15, -0.1) is 11.3 Å². The SMILES string of the molecule is CCOC(=O)c1sc(-c2ccc(Cl)cc2Cl)cc1NC(=O)COC(=O)CNC(=O)c1cccc(F)c1. The second-order valence-electron chi connectivity index (χ2n) is 7.10. The molecule has 3 aromatic rings. The first-order valence-corrected chi connectivity index (χ1v) is 12.0. The Bertz CT molecular complexity index is 1310. The molecule has 0 unspecified atom stereocenters. The average Bonchev–Trinajstić information content (AvgIpc) is 3.24. The summed E-state index contributed by atoms with van der Waals surface area (Å²) in [7, 11) is 0. The molecule has 0 saturated carbocycles. The number of thiophene rings is 1. The summed E-state index contributed by atoms with van der Waals surface area (Å²) >= 11 is 13.3. The van der Waals surface area contributed by atoms with Crippen molar-refractivity contribution in [2.24, 2.45) is 0 Å². The third-order valence-corrected chi connectivity index (χ3v) is 6.20. The lowest BCUT2D eigenvalue weighted by molar-refractivity contribution is -0.146. The highest BCUT2D eigenvalue weighted by atomic mass is 35.5. The number of carbonyl (C=O) groups is 4. The molecule has 0 saturated heterocycles. The van der Waals surface area contributed by atoms with E-state index in [9.17, 15) is 23.6 Å². The molecule has 2 aromatic carbocycles. The number of anilines is 1. The van der Waals surface area contributed by atoms with Gasteiger partial charge in [-0.3, -0.25) is 14.4 Å². The van der Waals surface area contributed by atoms with Gasteiger partial charge in [0, 0.05) is 21.0 Å². The summed E-state index contributed by atoms with van der Waals surface area (Å²) in [6.07, 6.45) is 0. The summed E-state index contributed by atoms with van der Waals surface area (Å²) < 4.78 is 23.1. The van der Waals surface area contributed by atoms with Gasteiger partial charge in [-0.2, -0.15) is 0 Å². The van der Waals surface area contributed by atoms with Crippen molar-refractivity contribution < 1.29 is 33.0 Å². The molecule has 2 amide bonds. The summed E-state index contributed by atoms with van der Waals surface area (Å²) in [5, 5.41) is 5.58. The van der Waals surface area contributed by atoms with Crippen molar-refractivity contribution in [1.29, 1.82) is 0 Å². The minimum absolute atomic E-state index is 0.0288. The maximum atomic E-state index is 13.2. The van der Waals surface area contributed by atoms with Crippen molar-refractivity contribution in [3.05, 3.63) is 74.8 Å². The molecular weight excluding hydrogens is 534 g/mol. The quantitative estimate of drug-likeness (QED) is 0.363. The second-order valence-corrected chi connectivity index (χ2v) is 9.00. The van der Waals surface area contributed by atoms with E-state index in [1.54, 1.807) is 31.2 Å². The van der Waals surface area contributed by atoms with Crippen LogP contribution < -0.4 is 10.6 Å². The highest BCUT2D eigenvalue weighted by Gasteiger charge is 2.21. The molecule has 0 radical (unpaired) electrons. The first-order valence-electron chi connectivity index (χ1n) is 10.4. The molecular formula is C24H19Cl2FN2O6S. The van der Waals surface area contributed by atoms with Crippen molar-refractivity contribution in [2.75, 3.05) is 25.1 Å². The zero-order valence-corrected chi connectivity index (χ0v) is 21.1. The number of ether oxygens (including phenoxy) is 2. The zero-order valence-electron chi connectivity index (χ0n) is 18.7. The van der Waals surface area contributed by atoms with Gasteiger partial charge in [-0.05, 0) is 43.3 Å². The maximum Gasteiger partial charge on any atom is 0.350 e. The lowest BCUT2D eigenvalue weighted by atomic mass is 10.2. The van der Waals surface area contributed by atoms with E-state index in [0.717, 1.165) is 17.4 Å². The number of halogens is 3. The molecule has 12 heteroatoms. The largest absolute Gasteiger partial charge is 0.462 e. The zero-order chi connectivity index (χ0) is 26.2. The lowest BCUT2D eigenvalue weighted by Crippen LogP contribution is -2.32. The number of nitrogens with one attached hydrogen (secondary N) is 2. The normalized spacial score (nSPS) is 10.4. The van der Waals surface area contributed by atoms with Gasteiger partial charge >= 0.3 is 11.9 Å². The first kappa shape index (κ1) is 27.1. The monoisotopic (exact) mass is 552 g/mol. The van der Waals surface area contributed by atoms with Gasteiger partial charge in [0.2, 0.25) is 0 Å². The highest BCUT2D eigenvalue weighted by Crippen LogP contribution is 2.39. The van der Waals surface area contributed by atoms with Crippen molar-refractivity contribution in [2.45, 2.75) is 6.92 Å². The number of carbonyl (C=O) groups excluding carboxylic acids is 4. The summed E-state index contributed by atoms with van der Waals surface area (Å²) in [6, 6.07) is 11.3. The number of esters is 2. The minimum atomic E-state index is -0.889. The Kier molecular flexibility index (Phi) is 9.40. The van der Waals surface area contributed by atoms with E-state index in [-0.39, 0.29) is 22.7 Å². The van der Waals surface area contributed by atoms with Crippen LogP contribution in [0.15, 0.2) is 48.5 Å². The topological polar surface area (TPSA) is 111 Å². The Balaban J connectivity index is 1.62. The van der Waals surface area contributed by atoms with Crippen LogP contribution in [0.4, 0.5) is 10.1 Å². The third kappa shape index (κ3) is 7.27. The van der Waals surface area contributed by atoms with Gasteiger partial charge < -0.3 is 20.1 Å². The van der Waals surface area contributed by atoms with Gasteiger partial charge in [0.05, 0.1) is 17.3 Å². The van der Waals surface area contributed by atoms with Gasteiger partial charge in [-0.25, -0.2) is 9.18 Å². The Hall–Kier alpha value is -3.47. The fourth-order valence-electron chi connectivity index (χ4n) is 2.92. The Morgan fingerprint density at radius 2 is 1.81 bits per heavy atom. The van der Waals surface area contributed by atoms with Crippen molar-refractivity contribution in [3.8, 4) is 10.4 Å². The predicted octanol–water partition coefficient (Wildman–Crippen LogP) is 4.95. The molecule has 0 bridgehead atoms. The Morgan fingerprint density at radius 1 is 1.03 bits per heavy atom. The molecule has 3 rings (SSSR count). The number of hydrogen-bond donors (Lipinski definition) is 2. The van der Waals surface area contributed by atoms with Crippen LogP contribution in [0.3, 0.4) is 0 Å². The van der Waals surface area contributed by atoms with E-state index in [4.69, 9.17) is 32.7 Å². The smallest absolute Gasteiger partial charge is 0.350 e. The third-order valence-electron chi connectivity index (χ3n) is 4.51. The fraction of sp³-hybridized carbons (Fsp3) is 0.167. The van der Waals surface area contributed by atoms with Gasteiger partial charge in [-0.1, -0.05) is 35.3 Å². The molecule has 1 aromatic heterocycles. The van der Waals surface area contributed by atoms with Gasteiger partial charge in [0.1, 0.15) is 17.2 Å². The Morgan fingerprint density at radius 3 is 2.50 bits per heavy atom. The van der Waals surface area contributed by atoms with E-state index in [1.165, 1.54) is 18.2 Å². The predicted molar refractivity (Wildman–Crippen MR) is 134 cm³/mol. The summed E-state index contributed by atoms with van der Waals surface area (Å²) in [6.45, 7) is 0.561. The van der Waals surface area contributed by atoms with E-state index in [1.807, 2.05) is 0 Å². The minimum Gasteiger partial charge on any atom is -0.462 e. The maximum absolute atomic E-state index is 13.2. The van der Waals surface area contributed by atoms with E-state index >= 15 is 0 Å². The van der Waals surface area contributed by atoms with Crippen LogP contribution in [0.25, 0.3) is 10.4 Å². The summed E-state index contributed by atoms with van der Waals surface area (Å²) in [5.41, 5.74) is 0.776. The molecule has 0 fully saturated rings. The van der Waals surface area contributed by atoms with Crippen LogP contribution in [0.5, 0.6) is 0 Å². The van der Waals surface area contributed by atoms with E-state index in [2.05, 4.69) is 10.6 Å². The van der Waals surface area contributed by atoms with Gasteiger partial charge in [0.25, 0.3) is 11.8 Å². The van der Waals surface area contributed by atoms with Crippen LogP contribution in [-0.2, 0) is 19.1 Å². The van der Waals surface area contributed by atoms with Crippen LogP contribution in [0.2, 0.25) is 10.0 Å². The van der Waals surface area contributed by atoms with Crippen LogP contribution >= 0.6 is 34.5 Å². The van der Waals surface area contributed by atoms with Crippen LogP contribution in [0.1, 0.15) is 27.0 Å². The fourth-order valence-corrected chi connectivity index (χ4v) is 4.53. The molecule has 36 heavy (non-hydrogen) atoms. The summed E-state index contributed by atoms with van der Waals surface area (Å²) in [5.74, 6) is -3.54. The highest BCUT2D eigenvalue weighted by molar-refractivity contribution is 7.18. The number of rotatable bonds is 9. The molecule has 0 aliphatic carbocycles. The number of benzene rings is 2. The number of amides is 2. The molecule has 188 valence electrons. The molecule has 2 N–H and O–H groups in total. The molecule has 0 aliphatic heterocycles. The molecule has 8 nitrogen and oxygen atoms in total. The van der Waals surface area contributed by atoms with E-state index < -0.39 is 42.7 Å². The van der Waals surface area contributed by atoms with E-state index in [0.29, 0.717) is 20.5 Å². The molecule has 0 atom stereocenters. The van der Waals surface area contributed by atoms with Crippen molar-refractivity contribution in [1.82, 2.24) is 5.32 Å². The first-order chi connectivity index (χ1) is 17.2. The molecule has 0 aliphatic rings. The average molecular weight is 553 g/mol. The van der Waals surface area contributed by atoms with Crippen LogP contribution in [-0.4, -0.2) is 43.5 Å². The number of hydrogen-bond acceptors (Lipinski definition) is 7. The lowest BCUT2D eigenvalue weighted by Gasteiger charge is -2.08. The standard InChI is InChI=1S/C24H19Cl2FN2O6S/c1-2-34-24(33)22-18(10-19(36-22)16-7-6-14(25)9-17(16)26)29-20(30)12-35-21(31)11-28-23(32)13-4-3-5-15(27)8-13/h3-10H,2,11-12H2,1H3,(H,28,32)(H,29,30). The van der Waals surface area contributed by atoms with Crippen molar-refractivity contribution >= 4 is 64.0 Å². The molecule has 1 heterocycles. The Labute approximate surface area is 219 Å². The van der Waals surface area contributed by atoms with Crippen molar-refractivity contribution in [3.63, 3.8) is 0 Å². The van der Waals surface area contributed by atoms with Gasteiger partial charge in [0.15, 0.2) is 6.61 Å². The molecule has 0 spiro atoms. The van der Waals surface area contributed by atoms with Crippen LogP contribution in [0, 0.1) is 5.82 Å².